The molecule has 31 heavy (non-hydrogen) atoms. The van der Waals surface area contributed by atoms with Crippen LogP contribution in [-0.4, -0.2) is 35.4 Å². The summed E-state index contributed by atoms with van der Waals surface area (Å²) in [6.07, 6.45) is 2.99. The number of piperidine rings is 1. The zero-order chi connectivity index (χ0) is 22.0. The van der Waals surface area contributed by atoms with E-state index in [-0.39, 0.29) is 22.5 Å². The third-order valence-electron chi connectivity index (χ3n) is 5.40. The third-order valence-corrected chi connectivity index (χ3v) is 5.40. The van der Waals surface area contributed by atoms with E-state index < -0.39 is 23.4 Å². The summed E-state index contributed by atoms with van der Waals surface area (Å²) < 4.78 is 11.4. The van der Waals surface area contributed by atoms with E-state index in [1.54, 1.807) is 13.0 Å². The third kappa shape index (κ3) is 4.32. The first-order chi connectivity index (χ1) is 14.9. The number of phenolic OH excluding ortho intramolecular Hbond substituents is 2. The van der Waals surface area contributed by atoms with Gasteiger partial charge in [-0.2, -0.15) is 0 Å². The van der Waals surface area contributed by atoms with Crippen molar-refractivity contribution in [2.75, 3.05) is 13.1 Å². The molecule has 4 rings (SSSR count). The maximum absolute atomic E-state index is 12.5. The molecule has 0 bridgehead atoms. The van der Waals surface area contributed by atoms with Gasteiger partial charge in [-0.1, -0.05) is 30.3 Å². The van der Waals surface area contributed by atoms with E-state index in [4.69, 9.17) is 9.15 Å². The van der Waals surface area contributed by atoms with Gasteiger partial charge in [0, 0.05) is 36.2 Å². The second-order valence-electron chi connectivity index (χ2n) is 7.57. The standard InChI is InChI=1S/C24H23NO6/c1-14-11-17(26)23-19(28)12-18(27)22(24(23)30-14)16-9-10-25-13-20(16)31-21(29)8-7-15-5-3-2-4-6-15/h2-8,11-12,16,20,25,27-28H,9-10,13H2,1H3. The van der Waals surface area contributed by atoms with Crippen LogP contribution in [0.3, 0.4) is 0 Å². The molecule has 2 aromatic carbocycles. The molecule has 160 valence electrons. The Morgan fingerprint density at radius 3 is 2.74 bits per heavy atom. The van der Waals surface area contributed by atoms with Gasteiger partial charge >= 0.3 is 5.97 Å². The minimum atomic E-state index is -0.592. The molecule has 2 atom stereocenters. The average molecular weight is 421 g/mol. The number of carbonyl (C=O) groups is 1. The van der Waals surface area contributed by atoms with Gasteiger partial charge in [-0.25, -0.2) is 4.79 Å². The van der Waals surface area contributed by atoms with Crippen molar-refractivity contribution in [1.82, 2.24) is 5.32 Å². The average Bonchev–Trinajstić information content (AvgIpc) is 2.73. The number of hydrogen-bond donors (Lipinski definition) is 3. The van der Waals surface area contributed by atoms with Gasteiger partial charge in [0.2, 0.25) is 0 Å². The molecule has 3 N–H and O–H groups in total. The smallest absolute Gasteiger partial charge is 0.331 e. The molecule has 3 aromatic rings. The van der Waals surface area contributed by atoms with Crippen molar-refractivity contribution in [2.45, 2.75) is 25.4 Å². The number of aromatic hydroxyl groups is 2. The molecule has 7 heteroatoms. The molecule has 0 aliphatic carbocycles. The monoisotopic (exact) mass is 421 g/mol. The number of benzene rings is 2. The van der Waals surface area contributed by atoms with Gasteiger partial charge in [-0.3, -0.25) is 4.79 Å². The summed E-state index contributed by atoms with van der Waals surface area (Å²) in [5, 5.41) is 24.0. The van der Waals surface area contributed by atoms with Crippen molar-refractivity contribution in [3.05, 3.63) is 75.7 Å². The Morgan fingerprint density at radius 2 is 1.97 bits per heavy atom. The van der Waals surface area contributed by atoms with Crippen LogP contribution in [0.1, 0.15) is 29.2 Å². The van der Waals surface area contributed by atoms with Gasteiger partial charge in [0.05, 0.1) is 0 Å². The van der Waals surface area contributed by atoms with E-state index in [2.05, 4.69) is 5.32 Å². The Balaban J connectivity index is 1.68. The van der Waals surface area contributed by atoms with Crippen molar-refractivity contribution in [3.8, 4) is 11.5 Å². The summed E-state index contributed by atoms with van der Waals surface area (Å²) in [7, 11) is 0. The van der Waals surface area contributed by atoms with Crippen LogP contribution in [0, 0.1) is 6.92 Å². The van der Waals surface area contributed by atoms with E-state index >= 15 is 0 Å². The first kappa shape index (κ1) is 20.7. The predicted molar refractivity (Wildman–Crippen MR) is 116 cm³/mol. The Labute approximate surface area is 178 Å². The van der Waals surface area contributed by atoms with Crippen LogP contribution in [0.5, 0.6) is 11.5 Å². The summed E-state index contributed by atoms with van der Waals surface area (Å²) in [5.41, 5.74) is 0.957. The van der Waals surface area contributed by atoms with Crippen molar-refractivity contribution < 1.29 is 24.2 Å². The van der Waals surface area contributed by atoms with Crippen LogP contribution < -0.4 is 10.7 Å². The molecule has 1 saturated heterocycles. The van der Waals surface area contributed by atoms with E-state index in [1.165, 1.54) is 12.1 Å². The number of ether oxygens (including phenoxy) is 1. The highest BCUT2D eigenvalue weighted by Crippen LogP contribution is 2.41. The normalized spacial score (nSPS) is 19.0. The number of fused-ring (bicyclic) bond motifs is 1. The number of rotatable bonds is 4. The van der Waals surface area contributed by atoms with Crippen molar-refractivity contribution in [2.24, 2.45) is 0 Å². The zero-order valence-corrected chi connectivity index (χ0v) is 17.0. The second kappa shape index (κ2) is 8.65. The Hall–Kier alpha value is -3.58. The first-order valence-corrected chi connectivity index (χ1v) is 10.1. The van der Waals surface area contributed by atoms with Crippen molar-refractivity contribution in [3.63, 3.8) is 0 Å². The summed E-state index contributed by atoms with van der Waals surface area (Å²) in [4.78, 5) is 24.9. The van der Waals surface area contributed by atoms with Gasteiger partial charge < -0.3 is 24.7 Å². The largest absolute Gasteiger partial charge is 0.507 e. The highest BCUT2D eigenvalue weighted by atomic mass is 16.5. The fourth-order valence-corrected chi connectivity index (χ4v) is 4.00. The summed E-state index contributed by atoms with van der Waals surface area (Å²) in [6.45, 7) is 2.64. The fraction of sp³-hybridized carbons (Fsp3) is 0.250. The molecule has 1 aromatic heterocycles. The quantitative estimate of drug-likeness (QED) is 0.438. The number of nitrogens with one attached hydrogen (secondary N) is 1. The second-order valence-corrected chi connectivity index (χ2v) is 7.57. The molecule has 0 spiro atoms. The molecule has 2 heterocycles. The predicted octanol–water partition coefficient (Wildman–Crippen LogP) is 3.21. The number of esters is 1. The lowest BCUT2D eigenvalue weighted by molar-refractivity contribution is -0.144. The fourth-order valence-electron chi connectivity index (χ4n) is 4.00. The number of phenols is 2. The maximum atomic E-state index is 12.5. The maximum Gasteiger partial charge on any atom is 0.331 e. The molecule has 7 nitrogen and oxygen atoms in total. The van der Waals surface area contributed by atoms with Crippen LogP contribution in [0.2, 0.25) is 0 Å². The van der Waals surface area contributed by atoms with Crippen LogP contribution in [0.15, 0.2) is 57.8 Å². The lowest BCUT2D eigenvalue weighted by atomic mass is 9.85. The number of hydrogen-bond acceptors (Lipinski definition) is 7. The minimum absolute atomic E-state index is 0.00554. The van der Waals surface area contributed by atoms with Crippen LogP contribution in [0.25, 0.3) is 17.0 Å². The van der Waals surface area contributed by atoms with Gasteiger partial charge in [-0.15, -0.1) is 0 Å². The summed E-state index contributed by atoms with van der Waals surface area (Å²) >= 11 is 0. The lowest BCUT2D eigenvalue weighted by Crippen LogP contribution is -2.42. The van der Waals surface area contributed by atoms with Crippen LogP contribution in [0.4, 0.5) is 0 Å². The van der Waals surface area contributed by atoms with Crippen LogP contribution in [-0.2, 0) is 9.53 Å². The molecule has 0 amide bonds. The Morgan fingerprint density at radius 1 is 1.19 bits per heavy atom. The van der Waals surface area contributed by atoms with Crippen LogP contribution >= 0.6 is 0 Å². The first-order valence-electron chi connectivity index (χ1n) is 10.1. The lowest BCUT2D eigenvalue weighted by Gasteiger charge is -2.32. The van der Waals surface area contributed by atoms with E-state index in [9.17, 15) is 19.8 Å². The zero-order valence-electron chi connectivity index (χ0n) is 17.0. The van der Waals surface area contributed by atoms with E-state index in [0.717, 1.165) is 11.6 Å². The highest BCUT2D eigenvalue weighted by Gasteiger charge is 2.34. The minimum Gasteiger partial charge on any atom is -0.507 e. The molecular weight excluding hydrogens is 398 g/mol. The van der Waals surface area contributed by atoms with Gasteiger partial charge in [0.1, 0.15) is 34.3 Å². The Bertz CT molecular complexity index is 1200. The van der Waals surface area contributed by atoms with Crippen molar-refractivity contribution in [1.29, 1.82) is 0 Å². The molecule has 2 unspecified atom stereocenters. The molecule has 0 radical (unpaired) electrons. The SMILES string of the molecule is Cc1cc(=O)c2c(O)cc(O)c(C3CCNCC3OC(=O)C=Cc3ccccc3)c2o1. The topological polar surface area (TPSA) is 109 Å². The van der Waals surface area contributed by atoms with Crippen molar-refractivity contribution >= 4 is 23.0 Å². The number of aryl methyl sites for hydroxylation is 1. The Kier molecular flexibility index (Phi) is 5.77. The van der Waals surface area contributed by atoms with Gasteiger partial charge in [0.25, 0.3) is 0 Å². The number of carbonyl (C=O) groups excluding carboxylic acids is 1. The van der Waals surface area contributed by atoms with E-state index in [1.807, 2.05) is 30.3 Å². The molecule has 1 aliphatic rings. The van der Waals surface area contributed by atoms with E-state index in [0.29, 0.717) is 30.8 Å². The summed E-state index contributed by atoms with van der Waals surface area (Å²) in [6, 6.07) is 11.8. The molecule has 1 aliphatic heterocycles. The molecule has 1 fully saturated rings. The highest BCUT2D eigenvalue weighted by molar-refractivity contribution is 5.89. The molecule has 0 saturated carbocycles. The van der Waals surface area contributed by atoms with Gasteiger partial charge in [-0.05, 0) is 31.5 Å². The van der Waals surface area contributed by atoms with Gasteiger partial charge in [0.15, 0.2) is 5.43 Å². The molecular formula is C24H23NO6. The summed E-state index contributed by atoms with van der Waals surface area (Å²) in [5.74, 6) is -1.12.